The molecule has 0 aromatic carbocycles. The van der Waals surface area contributed by atoms with Crippen LogP contribution in [0.25, 0.3) is 0 Å². The van der Waals surface area contributed by atoms with E-state index in [-0.39, 0.29) is 23.9 Å². The van der Waals surface area contributed by atoms with Crippen molar-refractivity contribution in [3.05, 3.63) is 30.1 Å². The summed E-state index contributed by atoms with van der Waals surface area (Å²) in [5.41, 5.74) is 7.43. The van der Waals surface area contributed by atoms with Crippen molar-refractivity contribution in [2.75, 3.05) is 6.54 Å². The quantitative estimate of drug-likeness (QED) is 0.851. The zero-order valence-electron chi connectivity index (χ0n) is 12.6. The van der Waals surface area contributed by atoms with Gasteiger partial charge >= 0.3 is 0 Å². The van der Waals surface area contributed by atoms with E-state index < -0.39 is 0 Å². The molecule has 2 fully saturated rings. The minimum Gasteiger partial charge on any atom is -0.335 e. The highest BCUT2D eigenvalue weighted by Crippen LogP contribution is 2.34. The standard InChI is InChI=1S/C17H25N3O/c18-15-8-3-1-2-7-14(15)17(21)20-11-5-9-16(20)13-6-4-10-19-12-13/h4,6,10,12,14-16H,1-3,5,7-9,11,18H2. The van der Waals surface area contributed by atoms with Crippen LogP contribution in [-0.2, 0) is 4.79 Å². The third-order valence-electron chi connectivity index (χ3n) is 4.99. The summed E-state index contributed by atoms with van der Waals surface area (Å²) in [6.45, 7) is 0.863. The Morgan fingerprint density at radius 3 is 2.86 bits per heavy atom. The van der Waals surface area contributed by atoms with Gasteiger partial charge in [0.2, 0.25) is 5.91 Å². The van der Waals surface area contributed by atoms with Gasteiger partial charge in [0.15, 0.2) is 0 Å². The Labute approximate surface area is 126 Å². The van der Waals surface area contributed by atoms with Crippen molar-refractivity contribution in [2.45, 2.75) is 57.0 Å². The van der Waals surface area contributed by atoms with Crippen molar-refractivity contribution >= 4 is 5.91 Å². The molecule has 0 spiro atoms. The second-order valence-corrected chi connectivity index (χ2v) is 6.38. The van der Waals surface area contributed by atoms with Gasteiger partial charge in [-0.05, 0) is 37.3 Å². The lowest BCUT2D eigenvalue weighted by Gasteiger charge is -2.31. The summed E-state index contributed by atoms with van der Waals surface area (Å²) >= 11 is 0. The Morgan fingerprint density at radius 1 is 1.19 bits per heavy atom. The molecule has 3 unspecified atom stereocenters. The van der Waals surface area contributed by atoms with E-state index >= 15 is 0 Å². The van der Waals surface area contributed by atoms with Gasteiger partial charge in [-0.2, -0.15) is 0 Å². The molecule has 0 radical (unpaired) electrons. The number of hydrogen-bond acceptors (Lipinski definition) is 3. The molecule has 3 atom stereocenters. The van der Waals surface area contributed by atoms with Gasteiger partial charge in [-0.25, -0.2) is 0 Å². The van der Waals surface area contributed by atoms with Gasteiger partial charge in [-0.1, -0.05) is 25.3 Å². The van der Waals surface area contributed by atoms with Crippen LogP contribution in [0.2, 0.25) is 0 Å². The average Bonchev–Trinajstić information content (AvgIpc) is 2.91. The number of carbonyl (C=O) groups is 1. The predicted octanol–water partition coefficient (Wildman–Crippen LogP) is 2.65. The normalized spacial score (nSPS) is 30.1. The molecule has 1 aliphatic carbocycles. The monoisotopic (exact) mass is 287 g/mol. The molecular formula is C17H25N3O. The number of carbonyl (C=O) groups excluding carboxylic acids is 1. The number of nitrogens with two attached hydrogens (primary N) is 1. The Morgan fingerprint density at radius 2 is 2.05 bits per heavy atom. The largest absolute Gasteiger partial charge is 0.335 e. The number of hydrogen-bond donors (Lipinski definition) is 1. The molecule has 114 valence electrons. The van der Waals surface area contributed by atoms with Crippen LogP contribution in [0.4, 0.5) is 0 Å². The molecule has 3 rings (SSSR count). The Hall–Kier alpha value is -1.42. The SMILES string of the molecule is NC1CCCCCC1C(=O)N1CCCC1c1cccnc1. The van der Waals surface area contributed by atoms with Gasteiger partial charge in [0.25, 0.3) is 0 Å². The minimum absolute atomic E-state index is 0.0183. The summed E-state index contributed by atoms with van der Waals surface area (Å²) in [4.78, 5) is 19.2. The van der Waals surface area contributed by atoms with Gasteiger partial charge < -0.3 is 10.6 Å². The summed E-state index contributed by atoms with van der Waals surface area (Å²) in [5, 5.41) is 0. The van der Waals surface area contributed by atoms with Crippen LogP contribution in [-0.4, -0.2) is 28.4 Å². The number of amides is 1. The van der Waals surface area contributed by atoms with Crippen molar-refractivity contribution in [3.63, 3.8) is 0 Å². The summed E-state index contributed by atoms with van der Waals surface area (Å²) in [7, 11) is 0. The lowest BCUT2D eigenvalue weighted by molar-refractivity contribution is -0.137. The highest BCUT2D eigenvalue weighted by atomic mass is 16.2. The average molecular weight is 287 g/mol. The maximum Gasteiger partial charge on any atom is 0.227 e. The predicted molar refractivity (Wildman–Crippen MR) is 82.5 cm³/mol. The van der Waals surface area contributed by atoms with Gasteiger partial charge in [0.05, 0.1) is 12.0 Å². The number of nitrogens with zero attached hydrogens (tertiary/aromatic N) is 2. The van der Waals surface area contributed by atoms with E-state index in [4.69, 9.17) is 5.73 Å². The fourth-order valence-corrected chi connectivity index (χ4v) is 3.81. The fourth-order valence-electron chi connectivity index (χ4n) is 3.81. The number of rotatable bonds is 2. The molecule has 4 nitrogen and oxygen atoms in total. The van der Waals surface area contributed by atoms with Crippen molar-refractivity contribution in [1.82, 2.24) is 9.88 Å². The zero-order valence-corrected chi connectivity index (χ0v) is 12.6. The second-order valence-electron chi connectivity index (χ2n) is 6.38. The van der Waals surface area contributed by atoms with E-state index in [1.165, 1.54) is 6.42 Å². The molecule has 1 saturated heterocycles. The summed E-state index contributed by atoms with van der Waals surface area (Å²) in [5.74, 6) is 0.292. The maximum absolute atomic E-state index is 13.0. The van der Waals surface area contributed by atoms with E-state index in [9.17, 15) is 4.79 Å². The topological polar surface area (TPSA) is 59.2 Å². The lowest BCUT2D eigenvalue weighted by Crippen LogP contribution is -2.43. The number of aromatic nitrogens is 1. The van der Waals surface area contributed by atoms with Crippen LogP contribution >= 0.6 is 0 Å². The van der Waals surface area contributed by atoms with E-state index in [0.29, 0.717) is 0 Å². The highest BCUT2D eigenvalue weighted by molar-refractivity contribution is 5.80. The van der Waals surface area contributed by atoms with Crippen LogP contribution in [0, 0.1) is 5.92 Å². The van der Waals surface area contributed by atoms with Crippen molar-refractivity contribution < 1.29 is 4.79 Å². The first-order valence-corrected chi connectivity index (χ1v) is 8.23. The molecule has 1 saturated carbocycles. The maximum atomic E-state index is 13.0. The van der Waals surface area contributed by atoms with Crippen molar-refractivity contribution in [1.29, 1.82) is 0 Å². The Balaban J connectivity index is 1.76. The molecule has 1 aliphatic heterocycles. The first-order valence-electron chi connectivity index (χ1n) is 8.23. The minimum atomic E-state index is 0.0183. The van der Waals surface area contributed by atoms with Crippen LogP contribution in [0.1, 0.15) is 56.6 Å². The van der Waals surface area contributed by atoms with Crippen LogP contribution in [0.3, 0.4) is 0 Å². The third-order valence-corrected chi connectivity index (χ3v) is 4.99. The van der Waals surface area contributed by atoms with Gasteiger partial charge in [-0.3, -0.25) is 9.78 Å². The fraction of sp³-hybridized carbons (Fsp3) is 0.647. The molecule has 21 heavy (non-hydrogen) atoms. The zero-order chi connectivity index (χ0) is 14.7. The summed E-state index contributed by atoms with van der Waals surface area (Å²) < 4.78 is 0. The first kappa shape index (κ1) is 14.5. The molecule has 2 aliphatic rings. The van der Waals surface area contributed by atoms with E-state index in [1.807, 2.05) is 12.3 Å². The molecule has 1 aromatic rings. The third kappa shape index (κ3) is 3.10. The summed E-state index contributed by atoms with van der Waals surface area (Å²) in [6.07, 6.45) is 11.2. The summed E-state index contributed by atoms with van der Waals surface area (Å²) in [6, 6.07) is 4.26. The van der Waals surface area contributed by atoms with Crippen molar-refractivity contribution in [2.24, 2.45) is 11.7 Å². The van der Waals surface area contributed by atoms with Gasteiger partial charge in [-0.15, -0.1) is 0 Å². The smallest absolute Gasteiger partial charge is 0.227 e. The number of pyridine rings is 1. The molecule has 0 bridgehead atoms. The first-order chi connectivity index (χ1) is 10.3. The van der Waals surface area contributed by atoms with Crippen molar-refractivity contribution in [3.8, 4) is 0 Å². The Bertz CT molecular complexity index is 476. The molecule has 1 amide bonds. The lowest BCUT2D eigenvalue weighted by atomic mass is 9.93. The molecule has 2 heterocycles. The number of likely N-dealkylation sites (tertiary alicyclic amines) is 1. The Kier molecular flexibility index (Phi) is 4.54. The van der Waals surface area contributed by atoms with Gasteiger partial charge in [0.1, 0.15) is 0 Å². The molecule has 2 N–H and O–H groups in total. The highest BCUT2D eigenvalue weighted by Gasteiger charge is 2.36. The van der Waals surface area contributed by atoms with Crippen LogP contribution in [0.5, 0.6) is 0 Å². The van der Waals surface area contributed by atoms with Gasteiger partial charge in [0, 0.05) is 25.0 Å². The van der Waals surface area contributed by atoms with E-state index in [0.717, 1.165) is 50.6 Å². The molecule has 1 aromatic heterocycles. The van der Waals surface area contributed by atoms with E-state index in [2.05, 4.69) is 16.0 Å². The molecular weight excluding hydrogens is 262 g/mol. The van der Waals surface area contributed by atoms with Crippen LogP contribution in [0.15, 0.2) is 24.5 Å². The second kappa shape index (κ2) is 6.56. The molecule has 4 heteroatoms. The van der Waals surface area contributed by atoms with Crippen LogP contribution < -0.4 is 5.73 Å². The van der Waals surface area contributed by atoms with E-state index in [1.54, 1.807) is 6.20 Å².